The van der Waals surface area contributed by atoms with Crippen LogP contribution in [-0.2, 0) is 9.59 Å². The molecule has 1 rings (SSSR count). The Kier molecular flexibility index (Phi) is 3.68. The van der Waals surface area contributed by atoms with E-state index in [2.05, 4.69) is 0 Å². The topological polar surface area (TPSA) is 80.4 Å². The fourth-order valence-electron chi connectivity index (χ4n) is 1.94. The zero-order chi connectivity index (χ0) is 10.6. The maximum absolute atomic E-state index is 11.0. The van der Waals surface area contributed by atoms with Crippen LogP contribution in [0.1, 0.15) is 32.1 Å². The third kappa shape index (κ3) is 2.87. The van der Waals surface area contributed by atoms with Crippen LogP contribution in [0.5, 0.6) is 0 Å². The lowest BCUT2D eigenvalue weighted by Gasteiger charge is -2.22. The minimum Gasteiger partial charge on any atom is -0.478 e. The van der Waals surface area contributed by atoms with Crippen molar-refractivity contribution in [2.45, 2.75) is 32.1 Å². The van der Waals surface area contributed by atoms with Gasteiger partial charge in [-0.3, -0.25) is 4.79 Å². The van der Waals surface area contributed by atoms with Crippen molar-refractivity contribution >= 4 is 11.9 Å². The van der Waals surface area contributed by atoms with Crippen molar-refractivity contribution in [2.75, 3.05) is 0 Å². The average Bonchev–Trinajstić information content (AvgIpc) is 2.15. The van der Waals surface area contributed by atoms with Crippen molar-refractivity contribution in [3.63, 3.8) is 0 Å². The van der Waals surface area contributed by atoms with Crippen molar-refractivity contribution in [1.29, 1.82) is 0 Å². The molecule has 4 heteroatoms. The third-order valence-corrected chi connectivity index (χ3v) is 2.61. The highest BCUT2D eigenvalue weighted by molar-refractivity contribution is 5.98. The van der Waals surface area contributed by atoms with Crippen LogP contribution < -0.4 is 5.73 Å². The second-order valence-electron chi connectivity index (χ2n) is 3.64. The van der Waals surface area contributed by atoms with Gasteiger partial charge < -0.3 is 10.8 Å². The Bertz CT molecular complexity index is 265. The van der Waals surface area contributed by atoms with Gasteiger partial charge in [-0.25, -0.2) is 4.79 Å². The van der Waals surface area contributed by atoms with Crippen molar-refractivity contribution < 1.29 is 14.7 Å². The molecule has 0 atom stereocenters. The lowest BCUT2D eigenvalue weighted by molar-refractivity contribution is -0.131. The van der Waals surface area contributed by atoms with Crippen molar-refractivity contribution in [3.8, 4) is 0 Å². The quantitative estimate of drug-likeness (QED) is 0.664. The van der Waals surface area contributed by atoms with Crippen molar-refractivity contribution in [1.82, 2.24) is 0 Å². The number of carbonyl (C=O) groups excluding carboxylic acids is 1. The van der Waals surface area contributed by atoms with Gasteiger partial charge in [0, 0.05) is 11.6 Å². The van der Waals surface area contributed by atoms with E-state index in [9.17, 15) is 9.59 Å². The van der Waals surface area contributed by atoms with E-state index in [4.69, 9.17) is 10.8 Å². The zero-order valence-electron chi connectivity index (χ0n) is 8.03. The summed E-state index contributed by atoms with van der Waals surface area (Å²) >= 11 is 0. The normalized spacial score (nSPS) is 19.3. The molecule has 0 aromatic heterocycles. The summed E-state index contributed by atoms with van der Waals surface area (Å²) in [7, 11) is 0. The Labute approximate surface area is 82.8 Å². The fraction of sp³-hybridized carbons (Fsp3) is 0.600. The Hall–Kier alpha value is -1.32. The summed E-state index contributed by atoms with van der Waals surface area (Å²) < 4.78 is 0. The van der Waals surface area contributed by atoms with E-state index in [-0.39, 0.29) is 11.5 Å². The van der Waals surface area contributed by atoms with Gasteiger partial charge in [-0.15, -0.1) is 0 Å². The number of aliphatic carboxylic acids is 1. The zero-order valence-corrected chi connectivity index (χ0v) is 8.03. The molecule has 1 saturated carbocycles. The predicted molar refractivity (Wildman–Crippen MR) is 51.5 cm³/mol. The molecule has 0 aromatic rings. The largest absolute Gasteiger partial charge is 0.478 e. The second kappa shape index (κ2) is 4.79. The minimum atomic E-state index is -1.09. The first-order valence-corrected chi connectivity index (χ1v) is 4.85. The van der Waals surface area contributed by atoms with Crippen LogP contribution in [0.3, 0.4) is 0 Å². The van der Waals surface area contributed by atoms with Crippen LogP contribution in [0.25, 0.3) is 0 Å². The highest BCUT2D eigenvalue weighted by Gasteiger charge is 2.22. The number of carboxylic acids is 1. The maximum atomic E-state index is 11.0. The number of amides is 1. The van der Waals surface area contributed by atoms with E-state index >= 15 is 0 Å². The molecule has 1 aliphatic carbocycles. The van der Waals surface area contributed by atoms with Crippen molar-refractivity contribution in [3.05, 3.63) is 11.6 Å². The number of carboxylic acid groups (broad SMARTS) is 1. The van der Waals surface area contributed by atoms with Gasteiger partial charge in [-0.05, 0) is 18.8 Å². The molecule has 0 aromatic carbocycles. The number of carbonyl (C=O) groups is 2. The molecule has 0 radical (unpaired) electrons. The van der Waals surface area contributed by atoms with E-state index in [1.165, 1.54) is 0 Å². The first-order chi connectivity index (χ1) is 6.61. The molecule has 1 fully saturated rings. The number of primary amides is 1. The highest BCUT2D eigenvalue weighted by atomic mass is 16.4. The van der Waals surface area contributed by atoms with Gasteiger partial charge in [0.25, 0.3) is 0 Å². The highest BCUT2D eigenvalue weighted by Crippen LogP contribution is 2.29. The Morgan fingerprint density at radius 3 is 2.21 bits per heavy atom. The number of hydrogen-bond donors (Lipinski definition) is 2. The molecule has 0 spiro atoms. The summed E-state index contributed by atoms with van der Waals surface area (Å²) in [6.07, 6.45) is 5.97. The van der Waals surface area contributed by atoms with E-state index in [1.54, 1.807) is 0 Å². The molecule has 14 heavy (non-hydrogen) atoms. The molecule has 0 bridgehead atoms. The average molecular weight is 197 g/mol. The molecular formula is C10H15NO3. The Morgan fingerprint density at radius 2 is 1.79 bits per heavy atom. The first kappa shape index (κ1) is 10.8. The molecule has 3 N–H and O–H groups in total. The summed E-state index contributed by atoms with van der Waals surface area (Å²) in [5.41, 5.74) is 5.42. The van der Waals surface area contributed by atoms with Gasteiger partial charge in [0.2, 0.25) is 5.91 Å². The van der Waals surface area contributed by atoms with Crippen LogP contribution in [0.15, 0.2) is 11.6 Å². The van der Waals surface area contributed by atoms with Crippen LogP contribution in [0, 0.1) is 5.92 Å². The van der Waals surface area contributed by atoms with Crippen LogP contribution in [0.2, 0.25) is 0 Å². The predicted octanol–water partition coefficient (Wildman–Crippen LogP) is 1.06. The van der Waals surface area contributed by atoms with E-state index in [0.717, 1.165) is 38.2 Å². The van der Waals surface area contributed by atoms with Gasteiger partial charge in [-0.2, -0.15) is 0 Å². The van der Waals surface area contributed by atoms with E-state index < -0.39 is 11.9 Å². The number of rotatable bonds is 3. The summed E-state index contributed by atoms with van der Waals surface area (Å²) in [4.78, 5) is 21.5. The second-order valence-corrected chi connectivity index (χ2v) is 3.64. The molecule has 4 nitrogen and oxygen atoms in total. The minimum absolute atomic E-state index is 0.0531. The number of nitrogens with two attached hydrogens (primary N) is 1. The van der Waals surface area contributed by atoms with Gasteiger partial charge in [0.05, 0.1) is 0 Å². The van der Waals surface area contributed by atoms with Gasteiger partial charge >= 0.3 is 5.97 Å². The Morgan fingerprint density at radius 1 is 1.21 bits per heavy atom. The van der Waals surface area contributed by atoms with Crippen molar-refractivity contribution in [2.24, 2.45) is 11.7 Å². The third-order valence-electron chi connectivity index (χ3n) is 2.61. The SMILES string of the molecule is NC(=O)/C(=C\C(=O)O)C1CCCCC1. The Balaban J connectivity index is 2.76. The van der Waals surface area contributed by atoms with Gasteiger partial charge in [0.1, 0.15) is 0 Å². The molecule has 0 unspecified atom stereocenters. The summed E-state index contributed by atoms with van der Waals surface area (Å²) in [6, 6.07) is 0. The van der Waals surface area contributed by atoms with E-state index in [0.29, 0.717) is 0 Å². The van der Waals surface area contributed by atoms with Crippen LogP contribution in [0.4, 0.5) is 0 Å². The fourth-order valence-corrected chi connectivity index (χ4v) is 1.94. The molecule has 0 aliphatic heterocycles. The van der Waals surface area contributed by atoms with Gasteiger partial charge in [-0.1, -0.05) is 19.3 Å². The monoisotopic (exact) mass is 197 g/mol. The molecule has 78 valence electrons. The maximum Gasteiger partial charge on any atom is 0.328 e. The summed E-state index contributed by atoms with van der Waals surface area (Å²) in [5.74, 6) is -1.64. The van der Waals surface area contributed by atoms with E-state index in [1.807, 2.05) is 0 Å². The molecular weight excluding hydrogens is 182 g/mol. The first-order valence-electron chi connectivity index (χ1n) is 4.85. The molecule has 1 aliphatic rings. The molecule has 0 saturated heterocycles. The summed E-state index contributed by atoms with van der Waals surface area (Å²) in [5, 5.41) is 8.58. The standard InChI is InChI=1S/C10H15NO3/c11-10(14)8(6-9(12)13)7-4-2-1-3-5-7/h6-7H,1-5H2,(H2,11,14)(H,12,13)/b8-6-. The lowest BCUT2D eigenvalue weighted by atomic mass is 9.83. The van der Waals surface area contributed by atoms with Crippen LogP contribution in [-0.4, -0.2) is 17.0 Å². The van der Waals surface area contributed by atoms with Crippen LogP contribution >= 0.6 is 0 Å². The lowest BCUT2D eigenvalue weighted by Crippen LogP contribution is -2.23. The summed E-state index contributed by atoms with van der Waals surface area (Å²) in [6.45, 7) is 0. The molecule has 0 heterocycles. The smallest absolute Gasteiger partial charge is 0.328 e. The molecule has 1 amide bonds. The number of hydrogen-bond acceptors (Lipinski definition) is 2. The van der Waals surface area contributed by atoms with Gasteiger partial charge in [0.15, 0.2) is 0 Å².